The average Bonchev–Trinajstić information content (AvgIpc) is 3.22. The maximum absolute atomic E-state index is 4.76. The number of benzene rings is 1. The maximum atomic E-state index is 4.76. The highest BCUT2D eigenvalue weighted by Gasteiger charge is 2.22. The highest BCUT2D eigenvalue weighted by Crippen LogP contribution is 2.22. The molecule has 2 aromatic heterocycles. The zero-order valence-electron chi connectivity index (χ0n) is 18.8. The number of para-hydroxylation sites is 1. The van der Waals surface area contributed by atoms with Crippen molar-refractivity contribution in [3.05, 3.63) is 48.3 Å². The molecule has 164 valence electrons. The molecule has 3 heterocycles. The molecule has 0 radical (unpaired) electrons. The number of aryl methyl sites for hydroxylation is 1. The number of hydrogen-bond acceptors (Lipinski definition) is 5. The molecule has 0 amide bonds. The second kappa shape index (κ2) is 9.24. The molecule has 2 N–H and O–H groups in total. The van der Waals surface area contributed by atoms with Crippen molar-refractivity contribution in [1.29, 1.82) is 0 Å². The Morgan fingerprint density at radius 1 is 1.29 bits per heavy atom. The fourth-order valence-corrected chi connectivity index (χ4v) is 4.08. The van der Waals surface area contributed by atoms with Crippen LogP contribution in [0.25, 0.3) is 10.9 Å². The molecule has 4 rings (SSSR count). The molecule has 1 fully saturated rings. The molecule has 1 saturated heterocycles. The first-order valence-electron chi connectivity index (χ1n) is 10.8. The van der Waals surface area contributed by atoms with Gasteiger partial charge in [0.15, 0.2) is 5.96 Å². The van der Waals surface area contributed by atoms with Crippen molar-refractivity contribution in [2.24, 2.45) is 12.0 Å². The fraction of sp³-hybridized carbons (Fsp3) is 0.435. The van der Waals surface area contributed by atoms with Crippen LogP contribution in [0.4, 0.5) is 11.5 Å². The maximum Gasteiger partial charge on any atom is 0.191 e. The van der Waals surface area contributed by atoms with Crippen molar-refractivity contribution in [1.82, 2.24) is 25.4 Å². The summed E-state index contributed by atoms with van der Waals surface area (Å²) in [6.07, 6.45) is 6.28. The van der Waals surface area contributed by atoms with E-state index in [-0.39, 0.29) is 0 Å². The molecule has 8 heteroatoms. The minimum absolute atomic E-state index is 0.340. The molecule has 1 atom stereocenters. The van der Waals surface area contributed by atoms with E-state index in [1.165, 1.54) is 11.3 Å². The number of anilines is 2. The van der Waals surface area contributed by atoms with E-state index >= 15 is 0 Å². The molecule has 0 aliphatic carbocycles. The zero-order valence-corrected chi connectivity index (χ0v) is 18.8. The molecular weight excluding hydrogens is 388 g/mol. The number of aromatic nitrogens is 3. The van der Waals surface area contributed by atoms with Gasteiger partial charge in [0, 0.05) is 65.4 Å². The number of hydrogen-bond donors (Lipinski definition) is 2. The van der Waals surface area contributed by atoms with Gasteiger partial charge in [-0.3, -0.25) is 9.67 Å². The van der Waals surface area contributed by atoms with Crippen LogP contribution in [-0.4, -0.2) is 61.0 Å². The fourth-order valence-electron chi connectivity index (χ4n) is 4.08. The molecule has 1 unspecified atom stereocenters. The summed E-state index contributed by atoms with van der Waals surface area (Å²) in [5, 5.41) is 12.6. The smallest absolute Gasteiger partial charge is 0.191 e. The molecule has 1 aromatic carbocycles. The van der Waals surface area contributed by atoms with Gasteiger partial charge in [-0.05, 0) is 30.5 Å². The van der Waals surface area contributed by atoms with Crippen LogP contribution in [0.2, 0.25) is 0 Å². The normalized spacial score (nSPS) is 17.1. The zero-order chi connectivity index (χ0) is 21.8. The van der Waals surface area contributed by atoms with E-state index in [1.54, 1.807) is 0 Å². The molecule has 1 aliphatic heterocycles. The van der Waals surface area contributed by atoms with Gasteiger partial charge >= 0.3 is 0 Å². The third-order valence-corrected chi connectivity index (χ3v) is 5.74. The molecular formula is C23H32N8. The van der Waals surface area contributed by atoms with Gasteiger partial charge in [0.05, 0.1) is 17.4 Å². The van der Waals surface area contributed by atoms with Crippen LogP contribution in [0.3, 0.4) is 0 Å². The summed E-state index contributed by atoms with van der Waals surface area (Å²) >= 11 is 0. The number of rotatable bonds is 5. The molecule has 8 nitrogen and oxygen atoms in total. The standard InChI is InChI=1S/C23H32N8/c1-24-23(27-18-8-7-11-31(15-18)19-14-26-30(4)16-19)25-13-17-12-22(29(2)3)28-21-10-6-5-9-20(17)21/h5-6,9-10,12,14,16,18H,7-8,11,13,15H2,1-4H3,(H2,24,25,27). The molecule has 0 saturated carbocycles. The van der Waals surface area contributed by atoms with Gasteiger partial charge in [-0.15, -0.1) is 0 Å². The Morgan fingerprint density at radius 3 is 2.87 bits per heavy atom. The van der Waals surface area contributed by atoms with Crippen LogP contribution < -0.4 is 20.4 Å². The first-order valence-corrected chi connectivity index (χ1v) is 10.8. The van der Waals surface area contributed by atoms with Crippen molar-refractivity contribution >= 4 is 28.4 Å². The van der Waals surface area contributed by atoms with Gasteiger partial charge < -0.3 is 20.4 Å². The van der Waals surface area contributed by atoms with Crippen LogP contribution in [0.15, 0.2) is 47.7 Å². The Balaban J connectivity index is 1.43. The topological polar surface area (TPSA) is 73.6 Å². The summed E-state index contributed by atoms with van der Waals surface area (Å²) in [4.78, 5) is 13.7. The highest BCUT2D eigenvalue weighted by atomic mass is 15.3. The minimum atomic E-state index is 0.340. The summed E-state index contributed by atoms with van der Waals surface area (Å²) in [6, 6.07) is 10.8. The lowest BCUT2D eigenvalue weighted by Crippen LogP contribution is -2.51. The van der Waals surface area contributed by atoms with Crippen molar-refractivity contribution in [2.75, 3.05) is 44.0 Å². The van der Waals surface area contributed by atoms with Gasteiger partial charge in [-0.25, -0.2) is 4.98 Å². The van der Waals surface area contributed by atoms with E-state index in [0.29, 0.717) is 12.6 Å². The Morgan fingerprint density at radius 2 is 2.13 bits per heavy atom. The Hall–Kier alpha value is -3.29. The second-order valence-electron chi connectivity index (χ2n) is 8.28. The minimum Gasteiger partial charge on any atom is -0.367 e. The molecule has 0 bridgehead atoms. The Labute approximate surface area is 184 Å². The van der Waals surface area contributed by atoms with E-state index in [1.807, 2.05) is 50.0 Å². The largest absolute Gasteiger partial charge is 0.367 e. The van der Waals surface area contributed by atoms with Crippen LogP contribution >= 0.6 is 0 Å². The highest BCUT2D eigenvalue weighted by molar-refractivity contribution is 5.85. The number of nitrogens with one attached hydrogen (secondary N) is 2. The number of nitrogens with zero attached hydrogens (tertiary/aromatic N) is 6. The number of pyridine rings is 1. The molecule has 31 heavy (non-hydrogen) atoms. The van der Waals surface area contributed by atoms with Crippen LogP contribution in [0, 0.1) is 0 Å². The quantitative estimate of drug-likeness (QED) is 0.488. The Bertz CT molecular complexity index is 1050. The van der Waals surface area contributed by atoms with Gasteiger partial charge in [-0.1, -0.05) is 18.2 Å². The third kappa shape index (κ3) is 4.90. The third-order valence-electron chi connectivity index (χ3n) is 5.74. The number of aliphatic imine (C=N–C) groups is 1. The van der Waals surface area contributed by atoms with Crippen LogP contribution in [0.1, 0.15) is 18.4 Å². The van der Waals surface area contributed by atoms with Crippen molar-refractivity contribution in [3.63, 3.8) is 0 Å². The van der Waals surface area contributed by atoms with E-state index in [0.717, 1.165) is 48.6 Å². The summed E-state index contributed by atoms with van der Waals surface area (Å²) in [5.41, 5.74) is 3.39. The first kappa shape index (κ1) is 21.0. The average molecular weight is 421 g/mol. The van der Waals surface area contributed by atoms with E-state index in [2.05, 4.69) is 56.1 Å². The summed E-state index contributed by atoms with van der Waals surface area (Å²) < 4.78 is 1.86. The summed E-state index contributed by atoms with van der Waals surface area (Å²) in [5.74, 6) is 1.78. The first-order chi connectivity index (χ1) is 15.0. The number of fused-ring (bicyclic) bond motifs is 1. The Kier molecular flexibility index (Phi) is 6.25. The monoisotopic (exact) mass is 420 g/mol. The predicted molar refractivity (Wildman–Crippen MR) is 128 cm³/mol. The van der Waals surface area contributed by atoms with E-state index in [9.17, 15) is 0 Å². The molecule has 3 aromatic rings. The lowest BCUT2D eigenvalue weighted by molar-refractivity contribution is 0.468. The lowest BCUT2D eigenvalue weighted by Gasteiger charge is -2.34. The SMILES string of the molecule is CN=C(NCc1cc(N(C)C)nc2ccccc12)NC1CCCN(c2cnn(C)c2)C1. The van der Waals surface area contributed by atoms with Gasteiger partial charge in [0.2, 0.25) is 0 Å². The summed E-state index contributed by atoms with van der Waals surface area (Å²) in [7, 11) is 7.82. The molecule has 0 spiro atoms. The van der Waals surface area contributed by atoms with E-state index in [4.69, 9.17) is 4.98 Å². The number of piperidine rings is 1. The van der Waals surface area contributed by atoms with E-state index < -0.39 is 0 Å². The van der Waals surface area contributed by atoms with Crippen molar-refractivity contribution in [2.45, 2.75) is 25.4 Å². The molecule has 1 aliphatic rings. The predicted octanol–water partition coefficient (Wildman–Crippen LogP) is 2.37. The van der Waals surface area contributed by atoms with Crippen molar-refractivity contribution in [3.8, 4) is 0 Å². The second-order valence-corrected chi connectivity index (χ2v) is 8.28. The number of guanidine groups is 1. The summed E-state index contributed by atoms with van der Waals surface area (Å²) in [6.45, 7) is 2.68. The van der Waals surface area contributed by atoms with Gasteiger partial charge in [0.25, 0.3) is 0 Å². The van der Waals surface area contributed by atoms with Gasteiger partial charge in [0.1, 0.15) is 5.82 Å². The lowest BCUT2D eigenvalue weighted by atomic mass is 10.1. The van der Waals surface area contributed by atoms with Crippen LogP contribution in [0.5, 0.6) is 0 Å². The van der Waals surface area contributed by atoms with Crippen LogP contribution in [-0.2, 0) is 13.6 Å². The van der Waals surface area contributed by atoms with Crippen molar-refractivity contribution < 1.29 is 0 Å². The van der Waals surface area contributed by atoms with Gasteiger partial charge in [-0.2, -0.15) is 5.10 Å².